The first-order valence-electron chi connectivity index (χ1n) is 20.7. The molecule has 3 saturated carbocycles. The molecule has 4 bridgehead atoms. The number of aryl methyl sites for hydroxylation is 1. The second kappa shape index (κ2) is 9.69. The van der Waals surface area contributed by atoms with E-state index in [1.165, 1.54) is 29.7 Å². The fraction of sp³-hybridized carbons (Fsp3) is 0.600. The number of fused-ring (bicyclic) bond motifs is 6. The molecule has 3 aliphatic carbocycles. The third-order valence-electron chi connectivity index (χ3n) is 18.2. The van der Waals surface area contributed by atoms with Crippen molar-refractivity contribution in [2.24, 2.45) is 40.9 Å². The van der Waals surface area contributed by atoms with Crippen LogP contribution in [0.4, 0.5) is 11.4 Å². The number of carbonyl (C=O) groups excluding carboxylic acids is 2. The maximum atomic E-state index is 16.2. The summed E-state index contributed by atoms with van der Waals surface area (Å²) in [6.07, 6.45) is 15.5. The maximum absolute atomic E-state index is 16.2. The van der Waals surface area contributed by atoms with Gasteiger partial charge in [0.05, 0.1) is 24.7 Å². The fourth-order valence-electron chi connectivity index (χ4n) is 16.6. The van der Waals surface area contributed by atoms with E-state index in [4.69, 9.17) is 4.74 Å². The molecule has 7 nitrogen and oxygen atoms in total. The molecule has 2 amide bonds. The first-order chi connectivity index (χ1) is 25.4. The summed E-state index contributed by atoms with van der Waals surface area (Å²) >= 11 is 0. The average molecular weight is 695 g/mol. The van der Waals surface area contributed by atoms with Gasteiger partial charge >= 0.3 is 0 Å². The third kappa shape index (κ3) is 3.10. The quantitative estimate of drug-likeness (QED) is 0.376. The molecule has 4 saturated heterocycles. The first-order valence-corrected chi connectivity index (χ1v) is 20.7. The summed E-state index contributed by atoms with van der Waals surface area (Å²) in [7, 11) is 2.39. The van der Waals surface area contributed by atoms with Crippen LogP contribution in [-0.2, 0) is 26.2 Å². The number of hydrogen-bond acceptors (Lipinski definition) is 5. The Morgan fingerprint density at radius 3 is 2.67 bits per heavy atom. The van der Waals surface area contributed by atoms with Gasteiger partial charge in [-0.25, -0.2) is 0 Å². The topological polar surface area (TPSA) is 56.3 Å². The summed E-state index contributed by atoms with van der Waals surface area (Å²) in [5.74, 6) is 2.43. The molecule has 0 aromatic heterocycles. The monoisotopic (exact) mass is 694 g/mol. The van der Waals surface area contributed by atoms with Gasteiger partial charge in [0.1, 0.15) is 0 Å². The van der Waals surface area contributed by atoms with E-state index in [2.05, 4.69) is 94.3 Å². The van der Waals surface area contributed by atoms with Gasteiger partial charge in [-0.3, -0.25) is 19.4 Å². The largest absolute Gasteiger partial charge is 0.373 e. The Hall–Kier alpha value is -3.26. The number of hydrogen-bond donors (Lipinski definition) is 0. The molecular weight excluding hydrogens is 645 g/mol. The summed E-state index contributed by atoms with van der Waals surface area (Å²) in [6, 6.07) is 18.7. The summed E-state index contributed by atoms with van der Waals surface area (Å²) in [6.45, 7) is 5.22. The predicted octanol–water partition coefficient (Wildman–Crippen LogP) is 5.73. The van der Waals surface area contributed by atoms with Crippen molar-refractivity contribution in [3.63, 3.8) is 0 Å². The molecule has 8 aliphatic heterocycles. The Kier molecular flexibility index (Phi) is 5.61. The van der Waals surface area contributed by atoms with Crippen molar-refractivity contribution < 1.29 is 14.3 Å². The van der Waals surface area contributed by atoms with Crippen LogP contribution in [0.15, 0.2) is 72.3 Å². The first kappa shape index (κ1) is 30.1. The molecule has 13 rings (SSSR count). The molecule has 14 atom stereocenters. The molecule has 2 aromatic rings. The number of likely N-dealkylation sites (tertiary alicyclic amines) is 1. The van der Waals surface area contributed by atoms with Crippen LogP contribution in [0.3, 0.4) is 0 Å². The molecule has 0 N–H and O–H groups in total. The highest BCUT2D eigenvalue weighted by atomic mass is 16.5. The van der Waals surface area contributed by atoms with Crippen LogP contribution in [-0.4, -0.2) is 84.2 Å². The standard InChI is InChI=1S/C45H50N4O3/c1-3-25-21-44-22-30(25)28-12-13-36(50)48-33-11-7-5-9-31(33)45(44,40(28)48)23-34(46(44)2)38-39-37-29-20-35-43(17-18-47(35)24-27(29)15-19-52-39)16-14-26-8-4-6-10-32(26)49(41(37)43)42(38)51/h4-13,15,25,28-30,34-35,37-41H,3,14,16-24H2,1-2H3/t25?,28-,29-,30-,34+,35-,37-,38-,39+,40-,41-,43-,44-,45-/m0/s1. The van der Waals surface area contributed by atoms with Crippen LogP contribution in [0.25, 0.3) is 0 Å². The lowest BCUT2D eigenvalue weighted by atomic mass is 9.51. The Morgan fingerprint density at radius 1 is 0.942 bits per heavy atom. The van der Waals surface area contributed by atoms with E-state index in [1.807, 2.05) is 6.08 Å². The Labute approximate surface area is 307 Å². The number of carbonyl (C=O) groups is 2. The maximum Gasteiger partial charge on any atom is 0.250 e. The molecule has 7 heteroatoms. The minimum atomic E-state index is -0.263. The second-order valence-corrected chi connectivity index (χ2v) is 19.0. The van der Waals surface area contributed by atoms with Gasteiger partial charge < -0.3 is 14.5 Å². The van der Waals surface area contributed by atoms with Crippen molar-refractivity contribution in [3.8, 4) is 0 Å². The summed E-state index contributed by atoms with van der Waals surface area (Å²) < 4.78 is 7.23. The van der Waals surface area contributed by atoms with E-state index in [-0.39, 0.29) is 52.4 Å². The van der Waals surface area contributed by atoms with Crippen molar-refractivity contribution in [2.75, 3.05) is 36.5 Å². The number of likely N-dealkylation sites (N-methyl/N-ethyl adjacent to an activating group) is 1. The Bertz CT molecular complexity index is 2040. The second-order valence-electron chi connectivity index (χ2n) is 19.0. The highest BCUT2D eigenvalue weighted by Gasteiger charge is 2.79. The van der Waals surface area contributed by atoms with Crippen molar-refractivity contribution in [1.82, 2.24) is 9.80 Å². The molecule has 1 unspecified atom stereocenters. The normalized spacial score (nSPS) is 48.5. The molecule has 2 aromatic carbocycles. The molecule has 268 valence electrons. The van der Waals surface area contributed by atoms with Crippen molar-refractivity contribution in [1.29, 1.82) is 0 Å². The Morgan fingerprint density at radius 2 is 1.79 bits per heavy atom. The molecule has 52 heavy (non-hydrogen) atoms. The predicted molar refractivity (Wildman–Crippen MR) is 199 cm³/mol. The number of benzene rings is 2. The van der Waals surface area contributed by atoms with Crippen LogP contribution in [0.5, 0.6) is 0 Å². The SMILES string of the molecule is CCC1C[C@]23C[C@@H]1[C@@H]1C=CC(=O)N4c5ccccc5[C@@]2(C[C@H]([C@@H]2C(=O)N5c6ccccc6CC[C@@]67CCN8CC9=CCO[C@@H]2[C@@H]([C@H]56)[C@H]9C[C@H]87)N3C)[C@H]14. The number of ether oxygens (including phenoxy) is 1. The zero-order valence-electron chi connectivity index (χ0n) is 30.5. The van der Waals surface area contributed by atoms with Crippen LogP contribution < -0.4 is 9.80 Å². The van der Waals surface area contributed by atoms with E-state index in [0.717, 1.165) is 57.3 Å². The average Bonchev–Trinajstić information content (AvgIpc) is 3.81. The molecule has 0 radical (unpaired) electrons. The zero-order valence-corrected chi connectivity index (χ0v) is 30.5. The molecule has 8 heterocycles. The Balaban J connectivity index is 1.03. The molecule has 7 fully saturated rings. The van der Waals surface area contributed by atoms with Crippen LogP contribution in [0.2, 0.25) is 0 Å². The number of piperidine rings is 2. The van der Waals surface area contributed by atoms with Gasteiger partial charge in [0.25, 0.3) is 5.91 Å². The van der Waals surface area contributed by atoms with Gasteiger partial charge in [0.15, 0.2) is 0 Å². The smallest absolute Gasteiger partial charge is 0.250 e. The lowest BCUT2D eigenvalue weighted by molar-refractivity contribution is -0.156. The van der Waals surface area contributed by atoms with Gasteiger partial charge in [-0.05, 0) is 106 Å². The number of nitrogens with zero attached hydrogens (tertiary/aromatic N) is 4. The number of para-hydroxylation sites is 2. The van der Waals surface area contributed by atoms with E-state index in [9.17, 15) is 4.79 Å². The van der Waals surface area contributed by atoms with Crippen LogP contribution in [0, 0.1) is 40.9 Å². The van der Waals surface area contributed by atoms with Gasteiger partial charge in [-0.1, -0.05) is 67.5 Å². The van der Waals surface area contributed by atoms with Crippen LogP contribution in [0.1, 0.15) is 63.0 Å². The number of rotatable bonds is 2. The van der Waals surface area contributed by atoms with E-state index in [1.54, 1.807) is 5.57 Å². The lowest BCUT2D eigenvalue weighted by Crippen LogP contribution is -2.74. The van der Waals surface area contributed by atoms with Gasteiger partial charge in [0.2, 0.25) is 5.91 Å². The number of amides is 2. The van der Waals surface area contributed by atoms with Gasteiger partial charge in [-0.2, -0.15) is 0 Å². The molecular formula is C45H50N4O3. The minimum absolute atomic E-state index is 0.0248. The summed E-state index contributed by atoms with van der Waals surface area (Å²) in [4.78, 5) is 40.4. The van der Waals surface area contributed by atoms with E-state index >= 15 is 4.79 Å². The minimum Gasteiger partial charge on any atom is -0.373 e. The summed E-state index contributed by atoms with van der Waals surface area (Å²) in [5.41, 5.74) is 6.33. The fourth-order valence-corrected chi connectivity index (χ4v) is 16.6. The van der Waals surface area contributed by atoms with Crippen molar-refractivity contribution in [2.45, 2.75) is 99.5 Å². The highest BCUT2D eigenvalue weighted by molar-refractivity contribution is 6.06. The van der Waals surface area contributed by atoms with E-state index in [0.29, 0.717) is 48.1 Å². The lowest BCUT2D eigenvalue weighted by Gasteiger charge is -2.63. The van der Waals surface area contributed by atoms with Crippen molar-refractivity contribution >= 4 is 23.2 Å². The molecule has 11 aliphatic rings. The zero-order chi connectivity index (χ0) is 34.5. The number of anilines is 2. The highest BCUT2D eigenvalue weighted by Crippen LogP contribution is 2.74. The van der Waals surface area contributed by atoms with E-state index < -0.39 is 0 Å². The summed E-state index contributed by atoms with van der Waals surface area (Å²) in [5, 5.41) is 0. The van der Waals surface area contributed by atoms with Crippen LogP contribution >= 0.6 is 0 Å². The van der Waals surface area contributed by atoms with Crippen molar-refractivity contribution in [3.05, 3.63) is 83.5 Å². The third-order valence-corrected chi connectivity index (χ3v) is 18.2. The van der Waals surface area contributed by atoms with Gasteiger partial charge in [0, 0.05) is 64.2 Å². The van der Waals surface area contributed by atoms with Gasteiger partial charge in [-0.15, -0.1) is 0 Å². The molecule has 3 spiro atoms.